The summed E-state index contributed by atoms with van der Waals surface area (Å²) in [6.07, 6.45) is 0. The number of benzene rings is 9. The Hall–Kier alpha value is -7.88. The minimum Gasteiger partial charge on any atom is -0.311 e. The quantitative estimate of drug-likeness (QED) is 0.151. The van der Waals surface area contributed by atoms with Gasteiger partial charge in [0.25, 0.3) is 0 Å². The summed E-state index contributed by atoms with van der Waals surface area (Å²) in [6.45, 7) is 0. The Kier molecular flexibility index (Phi) is 8.49. The van der Waals surface area contributed by atoms with Crippen molar-refractivity contribution in [2.75, 3.05) is 4.90 Å². The Morgan fingerprint density at radius 1 is 0.271 bits per heavy atom. The molecule has 0 atom stereocenters. The van der Waals surface area contributed by atoms with Crippen LogP contribution in [0.15, 0.2) is 237 Å². The van der Waals surface area contributed by atoms with Gasteiger partial charge in [-0.1, -0.05) is 158 Å². The van der Waals surface area contributed by atoms with Crippen LogP contribution in [0.1, 0.15) is 0 Å². The Morgan fingerprint density at radius 3 is 1.10 bits per heavy atom. The molecule has 0 aliphatic rings. The maximum absolute atomic E-state index is 2.43. The van der Waals surface area contributed by atoms with E-state index in [-0.39, 0.29) is 0 Å². The fourth-order valence-electron chi connectivity index (χ4n) is 8.72. The Bertz CT molecular complexity index is 3120. The Morgan fingerprint density at radius 2 is 0.627 bits per heavy atom. The standard InChI is InChI=1S/C56H39N3/c1-5-15-40(16-6-1)42-25-32-48(33-26-42)57(49-34-27-43(28-35-49)41-17-7-2-8-18-41)50-36-29-44(30-37-50)45-31-38-54-52(39-45)55-51-23-13-14-24-53(51)58(46-19-9-3-10-20-46)56(55)59(54)47-21-11-4-12-22-47/h1-39H. The molecular weight excluding hydrogens is 715 g/mol. The minimum atomic E-state index is 1.10. The largest absolute Gasteiger partial charge is 0.311 e. The lowest BCUT2D eigenvalue weighted by Gasteiger charge is -2.26. The first-order chi connectivity index (χ1) is 29.3. The van der Waals surface area contributed by atoms with E-state index in [1.807, 2.05) is 0 Å². The van der Waals surface area contributed by atoms with Crippen molar-refractivity contribution in [2.45, 2.75) is 0 Å². The third-order valence-electron chi connectivity index (χ3n) is 11.5. The molecule has 0 amide bonds. The lowest BCUT2D eigenvalue weighted by Crippen LogP contribution is -2.09. The predicted molar refractivity (Wildman–Crippen MR) is 249 cm³/mol. The third kappa shape index (κ3) is 6.08. The molecule has 0 aliphatic carbocycles. The lowest BCUT2D eigenvalue weighted by molar-refractivity contribution is 1.07. The van der Waals surface area contributed by atoms with E-state index < -0.39 is 0 Å². The minimum absolute atomic E-state index is 1.10. The van der Waals surface area contributed by atoms with Crippen molar-refractivity contribution in [2.24, 2.45) is 0 Å². The van der Waals surface area contributed by atoms with E-state index in [1.54, 1.807) is 0 Å². The van der Waals surface area contributed by atoms with Gasteiger partial charge in [0.05, 0.1) is 11.0 Å². The summed E-state index contributed by atoms with van der Waals surface area (Å²) in [6, 6.07) is 85.1. The van der Waals surface area contributed by atoms with Crippen LogP contribution in [-0.2, 0) is 0 Å². The van der Waals surface area contributed by atoms with Gasteiger partial charge in [0.1, 0.15) is 5.65 Å². The second-order valence-electron chi connectivity index (χ2n) is 15.0. The van der Waals surface area contributed by atoms with E-state index in [0.29, 0.717) is 0 Å². The van der Waals surface area contributed by atoms with E-state index in [4.69, 9.17) is 0 Å². The maximum Gasteiger partial charge on any atom is 0.131 e. The van der Waals surface area contributed by atoms with E-state index in [2.05, 4.69) is 251 Å². The molecular formula is C56H39N3. The van der Waals surface area contributed by atoms with Gasteiger partial charge in [-0.25, -0.2) is 0 Å². The fourth-order valence-corrected chi connectivity index (χ4v) is 8.72. The van der Waals surface area contributed by atoms with Crippen LogP contribution in [0, 0.1) is 0 Å². The number of hydrogen-bond acceptors (Lipinski definition) is 1. The Labute approximate surface area is 343 Å². The van der Waals surface area contributed by atoms with Gasteiger partial charge >= 0.3 is 0 Å². The molecule has 0 aliphatic heterocycles. The first-order valence-electron chi connectivity index (χ1n) is 20.2. The number of nitrogens with zero attached hydrogens (tertiary/aromatic N) is 3. The predicted octanol–water partition coefficient (Wildman–Crippen LogP) is 15.2. The molecule has 0 bridgehead atoms. The normalized spacial score (nSPS) is 11.4. The molecule has 11 rings (SSSR count). The van der Waals surface area contributed by atoms with Gasteiger partial charge < -0.3 is 4.90 Å². The average Bonchev–Trinajstić information content (AvgIpc) is 3.83. The molecule has 3 nitrogen and oxygen atoms in total. The molecule has 59 heavy (non-hydrogen) atoms. The summed E-state index contributed by atoms with van der Waals surface area (Å²) in [5.41, 5.74) is 16.3. The summed E-state index contributed by atoms with van der Waals surface area (Å²) in [4.78, 5) is 2.35. The van der Waals surface area contributed by atoms with Crippen molar-refractivity contribution in [3.63, 3.8) is 0 Å². The molecule has 0 saturated heterocycles. The molecule has 0 saturated carbocycles. The monoisotopic (exact) mass is 753 g/mol. The van der Waals surface area contributed by atoms with E-state index in [0.717, 1.165) is 28.4 Å². The molecule has 278 valence electrons. The molecule has 0 fully saturated rings. The van der Waals surface area contributed by atoms with Crippen molar-refractivity contribution in [1.82, 2.24) is 9.13 Å². The smallest absolute Gasteiger partial charge is 0.131 e. The zero-order valence-electron chi connectivity index (χ0n) is 32.4. The molecule has 2 heterocycles. The van der Waals surface area contributed by atoms with E-state index >= 15 is 0 Å². The van der Waals surface area contributed by atoms with Gasteiger partial charge in [0.15, 0.2) is 0 Å². The molecule has 11 aromatic rings. The highest BCUT2D eigenvalue weighted by Crippen LogP contribution is 2.43. The number of aromatic nitrogens is 2. The van der Waals surface area contributed by atoms with Crippen molar-refractivity contribution in [3.05, 3.63) is 237 Å². The van der Waals surface area contributed by atoms with Crippen LogP contribution in [0.3, 0.4) is 0 Å². The topological polar surface area (TPSA) is 13.1 Å². The molecule has 0 N–H and O–H groups in total. The number of fused-ring (bicyclic) bond motifs is 5. The van der Waals surface area contributed by atoms with Crippen molar-refractivity contribution in [3.8, 4) is 44.8 Å². The molecule has 3 heteroatoms. The highest BCUT2D eigenvalue weighted by Gasteiger charge is 2.22. The molecule has 2 aromatic heterocycles. The maximum atomic E-state index is 2.43. The zero-order valence-corrected chi connectivity index (χ0v) is 32.4. The summed E-state index contributed by atoms with van der Waals surface area (Å²) < 4.78 is 4.84. The van der Waals surface area contributed by atoms with Gasteiger partial charge in [-0.05, 0) is 112 Å². The van der Waals surface area contributed by atoms with Crippen LogP contribution in [0.4, 0.5) is 17.1 Å². The average molecular weight is 754 g/mol. The van der Waals surface area contributed by atoms with Crippen molar-refractivity contribution < 1.29 is 0 Å². The number of hydrogen-bond donors (Lipinski definition) is 0. The molecule has 0 spiro atoms. The van der Waals surface area contributed by atoms with Crippen LogP contribution in [0.5, 0.6) is 0 Å². The number of anilines is 3. The number of rotatable bonds is 8. The lowest BCUT2D eigenvalue weighted by atomic mass is 10.0. The summed E-state index contributed by atoms with van der Waals surface area (Å²) in [7, 11) is 0. The van der Waals surface area contributed by atoms with Crippen molar-refractivity contribution in [1.29, 1.82) is 0 Å². The van der Waals surface area contributed by atoms with Crippen LogP contribution in [0.2, 0.25) is 0 Å². The summed E-state index contributed by atoms with van der Waals surface area (Å²) in [5.74, 6) is 0. The summed E-state index contributed by atoms with van der Waals surface area (Å²) >= 11 is 0. The molecule has 0 unspecified atom stereocenters. The number of para-hydroxylation sites is 3. The van der Waals surface area contributed by atoms with Crippen LogP contribution in [0.25, 0.3) is 77.6 Å². The first-order valence-corrected chi connectivity index (χ1v) is 20.2. The van der Waals surface area contributed by atoms with Crippen molar-refractivity contribution >= 4 is 49.9 Å². The second-order valence-corrected chi connectivity index (χ2v) is 15.0. The highest BCUT2D eigenvalue weighted by atomic mass is 15.1. The van der Waals surface area contributed by atoms with E-state index in [9.17, 15) is 0 Å². The van der Waals surface area contributed by atoms with Gasteiger partial charge in [0.2, 0.25) is 0 Å². The van der Waals surface area contributed by atoms with Crippen LogP contribution >= 0.6 is 0 Å². The SMILES string of the molecule is c1ccc(-c2ccc(N(c3ccc(-c4ccccc4)cc3)c3ccc(-c4ccc5c(c4)c4c6ccccc6n(-c6ccccc6)c4n5-c4ccccc4)cc3)cc2)cc1. The van der Waals surface area contributed by atoms with Crippen LogP contribution < -0.4 is 4.90 Å². The van der Waals surface area contributed by atoms with Gasteiger partial charge in [-0.3, -0.25) is 9.13 Å². The van der Waals surface area contributed by atoms with Gasteiger partial charge in [0, 0.05) is 44.6 Å². The Balaban J connectivity index is 1.03. The van der Waals surface area contributed by atoms with Gasteiger partial charge in [-0.15, -0.1) is 0 Å². The van der Waals surface area contributed by atoms with E-state index in [1.165, 1.54) is 66.2 Å². The van der Waals surface area contributed by atoms with Crippen LogP contribution in [-0.4, -0.2) is 9.13 Å². The highest BCUT2D eigenvalue weighted by molar-refractivity contribution is 6.23. The second kappa shape index (κ2) is 14.6. The fraction of sp³-hybridized carbons (Fsp3) is 0. The molecule has 0 radical (unpaired) electrons. The zero-order chi connectivity index (χ0) is 39.1. The third-order valence-corrected chi connectivity index (χ3v) is 11.5. The summed E-state index contributed by atoms with van der Waals surface area (Å²) in [5, 5.41) is 3.73. The molecule has 9 aromatic carbocycles. The van der Waals surface area contributed by atoms with Gasteiger partial charge in [-0.2, -0.15) is 0 Å². The first kappa shape index (κ1) is 34.4.